The largest absolute Gasteiger partial charge is 0.493 e. The second-order valence-corrected chi connectivity index (χ2v) is 9.79. The lowest BCUT2D eigenvalue weighted by molar-refractivity contribution is -0.134. The molecule has 0 atom stereocenters. The summed E-state index contributed by atoms with van der Waals surface area (Å²) < 4.78 is 34.5. The summed E-state index contributed by atoms with van der Waals surface area (Å²) >= 11 is 3.74. The van der Waals surface area contributed by atoms with Crippen molar-refractivity contribution in [2.75, 3.05) is 38.5 Å². The van der Waals surface area contributed by atoms with Gasteiger partial charge in [-0.05, 0) is 17.7 Å². The van der Waals surface area contributed by atoms with E-state index in [1.54, 1.807) is 6.07 Å². The highest BCUT2D eigenvalue weighted by Gasteiger charge is 2.21. The van der Waals surface area contributed by atoms with Gasteiger partial charge in [-0.3, -0.25) is 4.79 Å². The number of esters is 1. The van der Waals surface area contributed by atoms with Crippen LogP contribution in [0.3, 0.4) is 0 Å². The number of carbonyl (C=O) groups is 1. The second kappa shape index (κ2) is 7.78. The lowest BCUT2D eigenvalue weighted by atomic mass is 10.2. The number of ether oxygens (including phenoxy) is 2. The monoisotopic (exact) mass is 377 g/mol. The molecule has 9 heteroatoms. The number of benzene rings is 1. The van der Waals surface area contributed by atoms with Crippen molar-refractivity contribution in [3.63, 3.8) is 0 Å². The molecule has 1 aromatic carbocycles. The van der Waals surface area contributed by atoms with Gasteiger partial charge in [-0.25, -0.2) is 8.42 Å². The normalized spacial score (nSPS) is 15.8. The first-order valence-electron chi connectivity index (χ1n) is 6.84. The topological polar surface area (TPSA) is 72.9 Å². The second-order valence-electron chi connectivity index (χ2n) is 4.98. The highest BCUT2D eigenvalue weighted by Crippen LogP contribution is 2.46. The number of methoxy groups -OCH3 is 1. The van der Waals surface area contributed by atoms with Crippen LogP contribution in [0.4, 0.5) is 0 Å². The number of likely N-dealkylation sites (N-methyl/N-ethyl adjacent to an activating group) is 1. The van der Waals surface area contributed by atoms with E-state index in [1.807, 2.05) is 35.7 Å². The summed E-state index contributed by atoms with van der Waals surface area (Å²) in [7, 11) is -0.595. The number of nitrogens with zero attached hydrogens (tertiary/aromatic N) is 1. The van der Waals surface area contributed by atoms with Gasteiger partial charge in [0, 0.05) is 18.6 Å². The number of rotatable bonds is 6. The molecular formula is C14H19NO5S3. The molecule has 0 unspecified atom stereocenters. The Balaban J connectivity index is 2.08. The fourth-order valence-electron chi connectivity index (χ4n) is 1.92. The molecule has 0 spiro atoms. The van der Waals surface area contributed by atoms with Gasteiger partial charge in [0.2, 0.25) is 10.0 Å². The molecule has 1 aromatic rings. The third-order valence-corrected chi connectivity index (χ3v) is 7.59. The SMILES string of the molecule is COc1cc(C2SCCS2)ccc1OC(=O)CN(C)S(C)(=O)=O. The molecule has 0 radical (unpaired) electrons. The molecule has 0 aliphatic carbocycles. The zero-order valence-corrected chi connectivity index (χ0v) is 15.6. The molecule has 1 heterocycles. The van der Waals surface area contributed by atoms with Crippen LogP contribution in [-0.4, -0.2) is 57.2 Å². The number of carbonyl (C=O) groups excluding carboxylic acids is 1. The fourth-order valence-corrected chi connectivity index (χ4v) is 5.10. The smallest absolute Gasteiger partial charge is 0.326 e. The van der Waals surface area contributed by atoms with E-state index in [4.69, 9.17) is 9.47 Å². The molecule has 1 saturated heterocycles. The molecule has 1 aliphatic heterocycles. The maximum atomic E-state index is 11.9. The van der Waals surface area contributed by atoms with Crippen LogP contribution >= 0.6 is 23.5 Å². The lowest BCUT2D eigenvalue weighted by Crippen LogP contribution is -2.33. The van der Waals surface area contributed by atoms with E-state index in [0.717, 1.165) is 27.6 Å². The molecule has 0 saturated carbocycles. The Labute approximate surface area is 145 Å². The number of sulfonamides is 1. The van der Waals surface area contributed by atoms with Crippen molar-refractivity contribution in [3.8, 4) is 11.5 Å². The van der Waals surface area contributed by atoms with Crippen LogP contribution in [0.5, 0.6) is 11.5 Å². The van der Waals surface area contributed by atoms with E-state index < -0.39 is 16.0 Å². The van der Waals surface area contributed by atoms with Crippen LogP contribution in [-0.2, 0) is 14.8 Å². The third kappa shape index (κ3) is 5.03. The minimum atomic E-state index is -3.43. The van der Waals surface area contributed by atoms with Gasteiger partial charge in [0.1, 0.15) is 6.54 Å². The van der Waals surface area contributed by atoms with Crippen molar-refractivity contribution in [1.29, 1.82) is 0 Å². The minimum Gasteiger partial charge on any atom is -0.493 e. The molecule has 128 valence electrons. The van der Waals surface area contributed by atoms with E-state index in [0.29, 0.717) is 10.3 Å². The molecule has 1 aliphatic rings. The first kappa shape index (κ1) is 18.4. The predicted molar refractivity (Wildman–Crippen MR) is 93.8 cm³/mol. The van der Waals surface area contributed by atoms with Crippen LogP contribution < -0.4 is 9.47 Å². The Kier molecular flexibility index (Phi) is 6.24. The van der Waals surface area contributed by atoms with E-state index in [-0.39, 0.29) is 12.3 Å². The first-order valence-corrected chi connectivity index (χ1v) is 10.8. The van der Waals surface area contributed by atoms with Gasteiger partial charge in [0.15, 0.2) is 11.5 Å². The molecule has 0 N–H and O–H groups in total. The standard InChI is InChI=1S/C14H19NO5S3/c1-15(23(3,17)18)9-13(16)20-11-5-4-10(8-12(11)19-2)14-21-6-7-22-14/h4-5,8,14H,6-7,9H2,1-3H3. The molecular weight excluding hydrogens is 358 g/mol. The summed E-state index contributed by atoms with van der Waals surface area (Å²) in [5, 5.41) is 0. The summed E-state index contributed by atoms with van der Waals surface area (Å²) in [5.74, 6) is 2.33. The Morgan fingerprint density at radius 1 is 1.30 bits per heavy atom. The van der Waals surface area contributed by atoms with E-state index in [2.05, 4.69) is 0 Å². The predicted octanol–water partition coefficient (Wildman–Crippen LogP) is 1.97. The van der Waals surface area contributed by atoms with E-state index in [1.165, 1.54) is 14.2 Å². The van der Waals surface area contributed by atoms with Gasteiger partial charge >= 0.3 is 5.97 Å². The molecule has 1 fully saturated rings. The van der Waals surface area contributed by atoms with Crippen molar-refractivity contribution in [1.82, 2.24) is 4.31 Å². The molecule has 2 rings (SSSR count). The Hall–Kier alpha value is -0.900. The van der Waals surface area contributed by atoms with Crippen LogP contribution in [0.15, 0.2) is 18.2 Å². The average molecular weight is 378 g/mol. The van der Waals surface area contributed by atoms with Crippen LogP contribution in [0, 0.1) is 0 Å². The van der Waals surface area contributed by atoms with Gasteiger partial charge in [-0.15, -0.1) is 23.5 Å². The Bertz CT molecular complexity index is 671. The van der Waals surface area contributed by atoms with Crippen LogP contribution in [0.2, 0.25) is 0 Å². The van der Waals surface area contributed by atoms with Crippen molar-refractivity contribution in [3.05, 3.63) is 23.8 Å². The summed E-state index contributed by atoms with van der Waals surface area (Å²) in [6, 6.07) is 5.45. The van der Waals surface area contributed by atoms with E-state index in [9.17, 15) is 13.2 Å². The Morgan fingerprint density at radius 2 is 1.96 bits per heavy atom. The number of hydrogen-bond acceptors (Lipinski definition) is 7. The van der Waals surface area contributed by atoms with Crippen molar-refractivity contribution in [2.24, 2.45) is 0 Å². The van der Waals surface area contributed by atoms with Gasteiger partial charge in [-0.2, -0.15) is 4.31 Å². The van der Waals surface area contributed by atoms with Crippen LogP contribution in [0.25, 0.3) is 0 Å². The lowest BCUT2D eigenvalue weighted by Gasteiger charge is -2.15. The summed E-state index contributed by atoms with van der Waals surface area (Å²) in [4.78, 5) is 11.9. The van der Waals surface area contributed by atoms with Gasteiger partial charge in [0.05, 0.1) is 17.9 Å². The zero-order chi connectivity index (χ0) is 17.0. The average Bonchev–Trinajstić information content (AvgIpc) is 3.00. The van der Waals surface area contributed by atoms with Crippen molar-refractivity contribution in [2.45, 2.75) is 4.58 Å². The maximum absolute atomic E-state index is 11.9. The van der Waals surface area contributed by atoms with E-state index >= 15 is 0 Å². The third-order valence-electron chi connectivity index (χ3n) is 3.22. The number of thioether (sulfide) groups is 2. The first-order chi connectivity index (χ1) is 10.8. The van der Waals surface area contributed by atoms with Crippen molar-refractivity contribution >= 4 is 39.5 Å². The number of hydrogen-bond donors (Lipinski definition) is 0. The Morgan fingerprint density at radius 3 is 2.52 bits per heavy atom. The van der Waals surface area contributed by atoms with Gasteiger partial charge < -0.3 is 9.47 Å². The molecule has 23 heavy (non-hydrogen) atoms. The summed E-state index contributed by atoms with van der Waals surface area (Å²) in [6.45, 7) is -0.349. The van der Waals surface area contributed by atoms with Gasteiger partial charge in [-0.1, -0.05) is 6.07 Å². The van der Waals surface area contributed by atoms with Gasteiger partial charge in [0.25, 0.3) is 0 Å². The molecule has 0 aromatic heterocycles. The molecule has 0 bridgehead atoms. The fraction of sp³-hybridized carbons (Fsp3) is 0.500. The molecule has 6 nitrogen and oxygen atoms in total. The summed E-state index contributed by atoms with van der Waals surface area (Å²) in [6.07, 6.45) is 1.03. The summed E-state index contributed by atoms with van der Waals surface area (Å²) in [5.41, 5.74) is 1.11. The zero-order valence-electron chi connectivity index (χ0n) is 13.1. The van der Waals surface area contributed by atoms with Crippen LogP contribution in [0.1, 0.15) is 10.1 Å². The quantitative estimate of drug-likeness (QED) is 0.554. The maximum Gasteiger partial charge on any atom is 0.326 e. The van der Waals surface area contributed by atoms with Crippen molar-refractivity contribution < 1.29 is 22.7 Å². The highest BCUT2D eigenvalue weighted by molar-refractivity contribution is 8.19. The highest BCUT2D eigenvalue weighted by atomic mass is 32.2. The minimum absolute atomic E-state index is 0.288. The molecule has 0 amide bonds.